The van der Waals surface area contributed by atoms with E-state index < -0.39 is 16.0 Å². The van der Waals surface area contributed by atoms with Crippen LogP contribution in [-0.4, -0.2) is 19.5 Å². The second-order valence-corrected chi connectivity index (χ2v) is 7.17. The number of carbonyl (C=O) groups is 1. The predicted octanol–water partition coefficient (Wildman–Crippen LogP) is 2.05. The third-order valence-electron chi connectivity index (χ3n) is 2.47. The van der Waals surface area contributed by atoms with Gasteiger partial charge in [0.15, 0.2) is 0 Å². The summed E-state index contributed by atoms with van der Waals surface area (Å²) in [7, 11) is -3.79. The van der Waals surface area contributed by atoms with Crippen LogP contribution in [0.3, 0.4) is 0 Å². The van der Waals surface area contributed by atoms with Crippen molar-refractivity contribution in [3.63, 3.8) is 0 Å². The van der Waals surface area contributed by atoms with Gasteiger partial charge in [-0.3, -0.25) is 9.52 Å². The molecule has 0 radical (unpaired) electrons. The van der Waals surface area contributed by atoms with Crippen LogP contribution in [0.4, 0.5) is 5.69 Å². The summed E-state index contributed by atoms with van der Waals surface area (Å²) in [6.45, 7) is 0. The first-order valence-corrected chi connectivity index (χ1v) is 8.04. The fourth-order valence-electron chi connectivity index (χ4n) is 1.60. The van der Waals surface area contributed by atoms with Gasteiger partial charge in [0.25, 0.3) is 10.0 Å². The van der Waals surface area contributed by atoms with Crippen LogP contribution in [-0.2, 0) is 21.2 Å². The second kappa shape index (κ2) is 5.95. The van der Waals surface area contributed by atoms with Crippen molar-refractivity contribution >= 4 is 33.0 Å². The Balaban J connectivity index is 2.23. The van der Waals surface area contributed by atoms with Gasteiger partial charge in [-0.2, -0.15) is 5.26 Å². The highest BCUT2D eigenvalue weighted by molar-refractivity contribution is 7.94. The summed E-state index contributed by atoms with van der Waals surface area (Å²) in [4.78, 5) is 11.1. The minimum atomic E-state index is -3.79. The van der Waals surface area contributed by atoms with Crippen molar-refractivity contribution < 1.29 is 18.3 Å². The highest BCUT2D eigenvalue weighted by Crippen LogP contribution is 2.24. The van der Waals surface area contributed by atoms with Crippen molar-refractivity contribution in [3.8, 4) is 6.07 Å². The first kappa shape index (κ1) is 15.0. The van der Waals surface area contributed by atoms with Crippen LogP contribution >= 0.6 is 11.3 Å². The van der Waals surface area contributed by atoms with Crippen LogP contribution < -0.4 is 4.72 Å². The average Bonchev–Trinajstić information content (AvgIpc) is 2.87. The zero-order valence-electron chi connectivity index (χ0n) is 10.6. The topological polar surface area (TPSA) is 107 Å². The number of rotatable bonds is 5. The molecule has 0 saturated carbocycles. The standard InChI is InChI=1S/C13H10N2O4S2/c14-8-9-2-1-3-10(6-9)15-21(18,19)13-5-4-11(20-13)7-12(16)17/h1-6,15H,7H2,(H,16,17). The first-order chi connectivity index (χ1) is 9.90. The molecule has 108 valence electrons. The van der Waals surface area contributed by atoms with Crippen molar-refractivity contribution in [2.75, 3.05) is 4.72 Å². The zero-order valence-corrected chi connectivity index (χ0v) is 12.2. The maximum absolute atomic E-state index is 12.2. The van der Waals surface area contributed by atoms with Gasteiger partial charge in [-0.05, 0) is 30.3 Å². The van der Waals surface area contributed by atoms with E-state index in [0.29, 0.717) is 10.4 Å². The minimum Gasteiger partial charge on any atom is -0.481 e. The number of nitriles is 1. The number of anilines is 1. The predicted molar refractivity (Wildman–Crippen MR) is 77.6 cm³/mol. The zero-order chi connectivity index (χ0) is 15.5. The Morgan fingerprint density at radius 3 is 2.76 bits per heavy atom. The Morgan fingerprint density at radius 1 is 1.33 bits per heavy atom. The van der Waals surface area contributed by atoms with Gasteiger partial charge in [-0.15, -0.1) is 11.3 Å². The smallest absolute Gasteiger partial charge is 0.308 e. The van der Waals surface area contributed by atoms with Gasteiger partial charge in [0, 0.05) is 4.88 Å². The fourth-order valence-corrected chi connectivity index (χ4v) is 4.00. The number of benzene rings is 1. The van der Waals surface area contributed by atoms with E-state index in [4.69, 9.17) is 10.4 Å². The van der Waals surface area contributed by atoms with Gasteiger partial charge in [0.2, 0.25) is 0 Å². The van der Waals surface area contributed by atoms with Gasteiger partial charge in [-0.1, -0.05) is 6.07 Å². The molecule has 0 saturated heterocycles. The number of carboxylic acids is 1. The Morgan fingerprint density at radius 2 is 2.10 bits per heavy atom. The summed E-state index contributed by atoms with van der Waals surface area (Å²) >= 11 is 0.901. The second-order valence-electron chi connectivity index (χ2n) is 4.09. The Bertz CT molecular complexity index is 819. The van der Waals surface area contributed by atoms with E-state index in [1.54, 1.807) is 12.1 Å². The van der Waals surface area contributed by atoms with Gasteiger partial charge in [0.1, 0.15) is 4.21 Å². The Kier molecular flexibility index (Phi) is 4.26. The van der Waals surface area contributed by atoms with Crippen molar-refractivity contribution in [1.82, 2.24) is 0 Å². The molecule has 1 aromatic heterocycles. The summed E-state index contributed by atoms with van der Waals surface area (Å²) in [6.07, 6.45) is -0.218. The number of sulfonamides is 1. The van der Waals surface area contributed by atoms with Gasteiger partial charge < -0.3 is 5.11 Å². The molecular weight excluding hydrogens is 312 g/mol. The fraction of sp³-hybridized carbons (Fsp3) is 0.0769. The van der Waals surface area contributed by atoms with E-state index in [2.05, 4.69) is 4.72 Å². The average molecular weight is 322 g/mol. The molecule has 0 bridgehead atoms. The molecule has 0 spiro atoms. The normalized spacial score (nSPS) is 10.8. The Labute approximate surface area is 125 Å². The molecule has 2 N–H and O–H groups in total. The summed E-state index contributed by atoms with van der Waals surface area (Å²) < 4.78 is 26.7. The molecule has 1 heterocycles. The molecular formula is C13H10N2O4S2. The number of hydrogen-bond donors (Lipinski definition) is 2. The van der Waals surface area contributed by atoms with Crippen LogP contribution in [0.1, 0.15) is 10.4 Å². The number of thiophene rings is 1. The van der Waals surface area contributed by atoms with Crippen LogP contribution in [0.2, 0.25) is 0 Å². The summed E-state index contributed by atoms with van der Waals surface area (Å²) in [6, 6.07) is 10.8. The summed E-state index contributed by atoms with van der Waals surface area (Å²) in [5.41, 5.74) is 0.621. The first-order valence-electron chi connectivity index (χ1n) is 5.74. The Hall–Kier alpha value is -2.37. The van der Waals surface area contributed by atoms with Gasteiger partial charge >= 0.3 is 5.97 Å². The molecule has 6 nitrogen and oxygen atoms in total. The van der Waals surface area contributed by atoms with E-state index in [9.17, 15) is 13.2 Å². The number of nitrogens with one attached hydrogen (secondary N) is 1. The lowest BCUT2D eigenvalue weighted by Gasteiger charge is -2.06. The van der Waals surface area contributed by atoms with Crippen LogP contribution in [0.25, 0.3) is 0 Å². The quantitative estimate of drug-likeness (QED) is 0.876. The maximum atomic E-state index is 12.2. The number of aliphatic carboxylic acids is 1. The van der Waals surface area contributed by atoms with E-state index >= 15 is 0 Å². The molecule has 0 amide bonds. The molecule has 0 fully saturated rings. The van der Waals surface area contributed by atoms with E-state index in [0.717, 1.165) is 11.3 Å². The molecule has 0 aliphatic carbocycles. The number of hydrogen-bond acceptors (Lipinski definition) is 5. The molecule has 0 unspecified atom stereocenters. The van der Waals surface area contributed by atoms with Gasteiger partial charge in [-0.25, -0.2) is 8.42 Å². The maximum Gasteiger partial charge on any atom is 0.308 e. The van der Waals surface area contributed by atoms with Crippen molar-refractivity contribution in [3.05, 3.63) is 46.8 Å². The molecule has 0 aliphatic heterocycles. The lowest BCUT2D eigenvalue weighted by atomic mass is 10.2. The monoisotopic (exact) mass is 322 g/mol. The lowest BCUT2D eigenvalue weighted by molar-refractivity contribution is -0.136. The van der Waals surface area contributed by atoms with Crippen LogP contribution in [0.5, 0.6) is 0 Å². The van der Waals surface area contributed by atoms with Crippen LogP contribution in [0.15, 0.2) is 40.6 Å². The third-order valence-corrected chi connectivity index (χ3v) is 5.43. The molecule has 1 aromatic carbocycles. The van der Waals surface area contributed by atoms with Crippen molar-refractivity contribution in [2.45, 2.75) is 10.6 Å². The largest absolute Gasteiger partial charge is 0.481 e. The van der Waals surface area contributed by atoms with E-state index in [1.807, 2.05) is 6.07 Å². The number of nitrogens with zero attached hydrogens (tertiary/aromatic N) is 1. The van der Waals surface area contributed by atoms with Gasteiger partial charge in [0.05, 0.1) is 23.7 Å². The molecule has 2 rings (SSSR count). The highest BCUT2D eigenvalue weighted by atomic mass is 32.2. The number of carboxylic acid groups (broad SMARTS) is 1. The van der Waals surface area contributed by atoms with Crippen molar-refractivity contribution in [2.24, 2.45) is 0 Å². The highest BCUT2D eigenvalue weighted by Gasteiger charge is 2.18. The SMILES string of the molecule is N#Cc1cccc(NS(=O)(=O)c2ccc(CC(=O)O)s2)c1. The van der Waals surface area contributed by atoms with E-state index in [-0.39, 0.29) is 16.3 Å². The molecule has 8 heteroatoms. The molecule has 0 aliphatic rings. The van der Waals surface area contributed by atoms with E-state index in [1.165, 1.54) is 24.3 Å². The lowest BCUT2D eigenvalue weighted by Crippen LogP contribution is -2.11. The summed E-state index contributed by atoms with van der Waals surface area (Å²) in [5.74, 6) is -1.02. The summed E-state index contributed by atoms with van der Waals surface area (Å²) in [5, 5.41) is 17.5. The third kappa shape index (κ3) is 3.81. The van der Waals surface area contributed by atoms with Crippen molar-refractivity contribution in [1.29, 1.82) is 5.26 Å². The molecule has 21 heavy (non-hydrogen) atoms. The molecule has 2 aromatic rings. The molecule has 0 atom stereocenters. The van der Waals surface area contributed by atoms with Crippen LogP contribution in [0, 0.1) is 11.3 Å². The minimum absolute atomic E-state index is 0.0288.